The van der Waals surface area contributed by atoms with Gasteiger partial charge < -0.3 is 8.83 Å². The highest BCUT2D eigenvalue weighted by Gasteiger charge is 2.45. The standard InChI is InChI=1S/C30H38O2S2/c1-29(2)23-7-5-19(13-21(23)15-27-25(29)9-11-31-27)17-33-34-18-20-6-8-24-22(14-20)16-28-26(10-12-32-28)30(24,3)4/h9-14,21-24H,5-8,15-18H2,1-4H3/t21-,22+,23-,24+. The summed E-state index contributed by atoms with van der Waals surface area (Å²) in [7, 11) is 4.13. The topological polar surface area (TPSA) is 26.3 Å². The van der Waals surface area contributed by atoms with Gasteiger partial charge in [0.15, 0.2) is 0 Å². The molecular formula is C30H38O2S2. The molecule has 6 rings (SSSR count). The summed E-state index contributed by atoms with van der Waals surface area (Å²) in [6.07, 6.45) is 16.3. The summed E-state index contributed by atoms with van der Waals surface area (Å²) in [5.41, 5.74) is 6.66. The van der Waals surface area contributed by atoms with Gasteiger partial charge in [-0.05, 0) is 83.4 Å². The van der Waals surface area contributed by atoms with Crippen molar-refractivity contribution in [3.05, 3.63) is 70.6 Å². The molecule has 0 radical (unpaired) electrons. The monoisotopic (exact) mass is 494 g/mol. The van der Waals surface area contributed by atoms with Gasteiger partial charge in [-0.25, -0.2) is 0 Å². The van der Waals surface area contributed by atoms with E-state index in [0.717, 1.165) is 24.7 Å². The van der Waals surface area contributed by atoms with E-state index in [2.05, 4.69) is 73.6 Å². The fourth-order valence-corrected chi connectivity index (χ4v) is 10.1. The van der Waals surface area contributed by atoms with Crippen molar-refractivity contribution in [2.75, 3.05) is 11.5 Å². The Morgan fingerprint density at radius 2 is 1.18 bits per heavy atom. The first kappa shape index (κ1) is 23.2. The van der Waals surface area contributed by atoms with E-state index in [1.54, 1.807) is 11.1 Å². The highest BCUT2D eigenvalue weighted by molar-refractivity contribution is 8.76. The van der Waals surface area contributed by atoms with Crippen molar-refractivity contribution in [2.24, 2.45) is 23.7 Å². The van der Waals surface area contributed by atoms with Crippen LogP contribution >= 0.6 is 21.6 Å². The van der Waals surface area contributed by atoms with Crippen molar-refractivity contribution in [3.8, 4) is 0 Å². The second kappa shape index (κ2) is 8.69. The number of furan rings is 2. The predicted octanol–water partition coefficient (Wildman–Crippen LogP) is 8.53. The molecule has 0 amide bonds. The lowest BCUT2D eigenvalue weighted by molar-refractivity contribution is 0.188. The molecule has 0 saturated carbocycles. The fourth-order valence-electron chi connectivity index (χ4n) is 7.76. The molecular weight excluding hydrogens is 456 g/mol. The minimum absolute atomic E-state index is 0.227. The molecule has 0 fully saturated rings. The summed E-state index contributed by atoms with van der Waals surface area (Å²) < 4.78 is 11.7. The lowest BCUT2D eigenvalue weighted by Gasteiger charge is -2.45. The molecule has 0 spiro atoms. The first-order valence-electron chi connectivity index (χ1n) is 13.1. The first-order valence-corrected chi connectivity index (χ1v) is 15.6. The number of rotatable bonds is 5. The van der Waals surface area contributed by atoms with Gasteiger partial charge in [0.2, 0.25) is 0 Å². The van der Waals surface area contributed by atoms with E-state index in [0.29, 0.717) is 11.8 Å². The van der Waals surface area contributed by atoms with E-state index < -0.39 is 0 Å². The Kier molecular flexibility index (Phi) is 5.92. The molecule has 0 aliphatic heterocycles. The van der Waals surface area contributed by atoms with Crippen LogP contribution in [0, 0.1) is 23.7 Å². The van der Waals surface area contributed by atoms with Crippen LogP contribution in [-0.2, 0) is 23.7 Å². The van der Waals surface area contributed by atoms with Crippen molar-refractivity contribution in [3.63, 3.8) is 0 Å². The maximum atomic E-state index is 5.86. The van der Waals surface area contributed by atoms with Crippen LogP contribution in [0.1, 0.15) is 76.0 Å². The van der Waals surface area contributed by atoms with Gasteiger partial charge in [-0.15, -0.1) is 0 Å². The number of fused-ring (bicyclic) bond motifs is 4. The van der Waals surface area contributed by atoms with E-state index in [4.69, 9.17) is 8.83 Å². The average Bonchev–Trinajstić information content (AvgIpc) is 3.47. The molecule has 2 aromatic rings. The minimum Gasteiger partial charge on any atom is -0.469 e. The Bertz CT molecular complexity index is 1030. The molecule has 2 aromatic heterocycles. The van der Waals surface area contributed by atoms with Gasteiger partial charge in [0.1, 0.15) is 11.5 Å². The summed E-state index contributed by atoms with van der Waals surface area (Å²) in [6.45, 7) is 9.68. The molecule has 0 unspecified atom stereocenters. The molecule has 0 saturated heterocycles. The maximum Gasteiger partial charge on any atom is 0.108 e. The van der Waals surface area contributed by atoms with Crippen LogP contribution in [0.4, 0.5) is 0 Å². The molecule has 182 valence electrons. The van der Waals surface area contributed by atoms with E-state index in [9.17, 15) is 0 Å². The third kappa shape index (κ3) is 3.88. The van der Waals surface area contributed by atoms with Gasteiger partial charge in [-0.3, -0.25) is 0 Å². The van der Waals surface area contributed by atoms with E-state index in [-0.39, 0.29) is 10.8 Å². The van der Waals surface area contributed by atoms with Crippen molar-refractivity contribution < 1.29 is 8.83 Å². The molecule has 2 nitrogen and oxygen atoms in total. The van der Waals surface area contributed by atoms with Gasteiger partial charge in [0.25, 0.3) is 0 Å². The molecule has 0 N–H and O–H groups in total. The third-order valence-corrected chi connectivity index (χ3v) is 12.0. The van der Waals surface area contributed by atoms with Crippen LogP contribution in [0.3, 0.4) is 0 Å². The zero-order valence-corrected chi connectivity index (χ0v) is 22.7. The van der Waals surface area contributed by atoms with Gasteiger partial charge in [0.05, 0.1) is 12.5 Å². The fraction of sp³-hybridized carbons (Fsp3) is 0.600. The van der Waals surface area contributed by atoms with Crippen molar-refractivity contribution in [1.82, 2.24) is 0 Å². The molecule has 34 heavy (non-hydrogen) atoms. The molecule has 2 heterocycles. The summed E-state index contributed by atoms with van der Waals surface area (Å²) in [5, 5.41) is 0. The largest absolute Gasteiger partial charge is 0.469 e. The van der Waals surface area contributed by atoms with Gasteiger partial charge in [0, 0.05) is 24.3 Å². The minimum atomic E-state index is 0.227. The normalized spacial score (nSPS) is 30.9. The summed E-state index contributed by atoms with van der Waals surface area (Å²) >= 11 is 0. The van der Waals surface area contributed by atoms with Crippen LogP contribution in [0.15, 0.2) is 56.8 Å². The Balaban J connectivity index is 1.04. The first-order chi connectivity index (χ1) is 16.3. The highest BCUT2D eigenvalue weighted by atomic mass is 33.1. The molecule has 4 aliphatic carbocycles. The number of allylic oxidation sites excluding steroid dienone is 2. The van der Waals surface area contributed by atoms with Gasteiger partial charge >= 0.3 is 0 Å². The van der Waals surface area contributed by atoms with Crippen LogP contribution in [-0.4, -0.2) is 11.5 Å². The maximum absolute atomic E-state index is 5.86. The Morgan fingerprint density at radius 3 is 1.62 bits per heavy atom. The smallest absolute Gasteiger partial charge is 0.108 e. The molecule has 4 heteroatoms. The van der Waals surface area contributed by atoms with Crippen LogP contribution in [0.2, 0.25) is 0 Å². The number of hydrogen-bond acceptors (Lipinski definition) is 4. The number of hydrogen-bond donors (Lipinski definition) is 0. The van der Waals surface area contributed by atoms with Crippen LogP contribution in [0.25, 0.3) is 0 Å². The van der Waals surface area contributed by atoms with E-state index in [1.165, 1.54) is 59.8 Å². The van der Waals surface area contributed by atoms with Gasteiger partial charge in [-0.1, -0.05) is 72.6 Å². The summed E-state index contributed by atoms with van der Waals surface area (Å²) in [6, 6.07) is 4.42. The molecule has 0 aromatic carbocycles. The highest BCUT2D eigenvalue weighted by Crippen LogP contribution is 2.51. The van der Waals surface area contributed by atoms with Crippen LogP contribution in [0.5, 0.6) is 0 Å². The second-order valence-corrected chi connectivity index (χ2v) is 14.6. The lowest BCUT2D eigenvalue weighted by Crippen LogP contribution is -2.40. The van der Waals surface area contributed by atoms with Gasteiger partial charge in [-0.2, -0.15) is 0 Å². The second-order valence-electron chi connectivity index (χ2n) is 12.2. The van der Waals surface area contributed by atoms with Crippen molar-refractivity contribution >= 4 is 21.6 Å². The Hall–Kier alpha value is -1.26. The molecule has 0 bridgehead atoms. The van der Waals surface area contributed by atoms with E-state index in [1.807, 2.05) is 12.5 Å². The summed E-state index contributed by atoms with van der Waals surface area (Å²) in [5.74, 6) is 7.55. The average molecular weight is 495 g/mol. The quantitative estimate of drug-likeness (QED) is 0.236. The van der Waals surface area contributed by atoms with Crippen molar-refractivity contribution in [2.45, 2.75) is 77.0 Å². The molecule has 4 atom stereocenters. The molecule has 4 aliphatic rings. The van der Waals surface area contributed by atoms with E-state index >= 15 is 0 Å². The predicted molar refractivity (Wildman–Crippen MR) is 144 cm³/mol. The zero-order chi connectivity index (χ0) is 23.5. The Labute approximate surface area is 212 Å². The third-order valence-electron chi connectivity index (χ3n) is 9.63. The summed E-state index contributed by atoms with van der Waals surface area (Å²) in [4.78, 5) is 0. The van der Waals surface area contributed by atoms with Crippen LogP contribution < -0.4 is 0 Å². The lowest BCUT2D eigenvalue weighted by atomic mass is 9.59. The van der Waals surface area contributed by atoms with Crippen molar-refractivity contribution in [1.29, 1.82) is 0 Å². The zero-order valence-electron chi connectivity index (χ0n) is 21.1. The SMILES string of the molecule is CC1(C)c2ccoc2C[C@H]2C=C(CSSCC3=C[C@H]4Cc5occc5C(C)(C)[C@H]4CC3)CC[C@H]21. The Morgan fingerprint density at radius 1 is 0.735 bits per heavy atom.